The number of nitrogens with one attached hydrogen (secondary N) is 2. The smallest absolute Gasteiger partial charge is 0.243 e. The van der Waals surface area contributed by atoms with Gasteiger partial charge in [-0.15, -0.1) is 0 Å². The molecule has 1 aliphatic rings. The third kappa shape index (κ3) is 4.52. The molecule has 0 aromatic carbocycles. The number of aryl methyl sites for hydroxylation is 1. The number of H-pyrrole nitrogens is 1. The van der Waals surface area contributed by atoms with Crippen LogP contribution in [0.25, 0.3) is 0 Å². The van der Waals surface area contributed by atoms with Crippen LogP contribution in [0.3, 0.4) is 0 Å². The van der Waals surface area contributed by atoms with Gasteiger partial charge in [-0.2, -0.15) is 5.10 Å². The first-order valence-corrected chi connectivity index (χ1v) is 9.19. The number of sulfonamides is 1. The van der Waals surface area contributed by atoms with Crippen LogP contribution in [0.2, 0.25) is 0 Å². The Balaban J connectivity index is 1.73. The van der Waals surface area contributed by atoms with Gasteiger partial charge in [0, 0.05) is 12.6 Å². The first-order valence-electron chi connectivity index (χ1n) is 7.70. The van der Waals surface area contributed by atoms with Crippen molar-refractivity contribution in [3.05, 3.63) is 11.9 Å². The lowest BCUT2D eigenvalue weighted by Crippen LogP contribution is -2.35. The van der Waals surface area contributed by atoms with Gasteiger partial charge in [0.25, 0.3) is 0 Å². The predicted molar refractivity (Wildman–Crippen MR) is 82.6 cm³/mol. The quantitative estimate of drug-likeness (QED) is 0.750. The summed E-state index contributed by atoms with van der Waals surface area (Å²) in [5.74, 6) is 0. The Morgan fingerprint density at radius 3 is 2.71 bits per heavy atom. The van der Waals surface area contributed by atoms with Crippen LogP contribution in [0, 0.1) is 6.92 Å². The van der Waals surface area contributed by atoms with Gasteiger partial charge in [0.1, 0.15) is 4.90 Å². The molecule has 1 aromatic heterocycles. The lowest BCUT2D eigenvalue weighted by atomic mass is 9.94. The lowest BCUT2D eigenvalue weighted by molar-refractivity contribution is 0.190. The summed E-state index contributed by atoms with van der Waals surface area (Å²) in [6, 6.07) is 0.673. The molecular weight excluding hydrogens is 288 g/mol. The van der Waals surface area contributed by atoms with Gasteiger partial charge in [0.2, 0.25) is 10.0 Å². The van der Waals surface area contributed by atoms with Crippen molar-refractivity contribution in [1.29, 1.82) is 0 Å². The molecule has 21 heavy (non-hydrogen) atoms. The second-order valence-corrected chi connectivity index (χ2v) is 7.62. The molecule has 1 aromatic rings. The van der Waals surface area contributed by atoms with Gasteiger partial charge >= 0.3 is 0 Å². The summed E-state index contributed by atoms with van der Waals surface area (Å²) < 4.78 is 26.8. The maximum absolute atomic E-state index is 12.1. The van der Waals surface area contributed by atoms with E-state index < -0.39 is 10.0 Å². The highest BCUT2D eigenvalue weighted by atomic mass is 32.2. The van der Waals surface area contributed by atoms with Crippen LogP contribution in [0.1, 0.15) is 44.2 Å². The summed E-state index contributed by atoms with van der Waals surface area (Å²) in [6.07, 6.45) is 8.72. The number of rotatable bonds is 7. The van der Waals surface area contributed by atoms with Crippen molar-refractivity contribution < 1.29 is 8.42 Å². The largest absolute Gasteiger partial charge is 0.303 e. The van der Waals surface area contributed by atoms with Crippen molar-refractivity contribution >= 4 is 10.0 Å². The Morgan fingerprint density at radius 1 is 1.38 bits per heavy atom. The van der Waals surface area contributed by atoms with Crippen molar-refractivity contribution in [3.8, 4) is 0 Å². The molecule has 0 aliphatic heterocycles. The molecule has 1 fully saturated rings. The molecule has 0 spiro atoms. The Bertz CT molecular complexity index is 535. The number of aromatic amines is 1. The average molecular weight is 314 g/mol. The molecule has 1 aliphatic carbocycles. The molecule has 2 rings (SSSR count). The third-order valence-corrected chi connectivity index (χ3v) is 5.83. The number of nitrogens with zero attached hydrogens (tertiary/aromatic N) is 2. The number of hydrogen-bond acceptors (Lipinski definition) is 4. The molecule has 0 radical (unpaired) electrons. The van der Waals surface area contributed by atoms with Crippen LogP contribution in [0.4, 0.5) is 0 Å². The molecule has 1 heterocycles. The molecule has 0 unspecified atom stereocenters. The second-order valence-electron chi connectivity index (χ2n) is 5.88. The molecule has 2 N–H and O–H groups in total. The monoisotopic (exact) mass is 314 g/mol. The van der Waals surface area contributed by atoms with E-state index in [1.54, 1.807) is 6.92 Å². The SMILES string of the molecule is Cc1[nH]ncc1S(=O)(=O)NCCCN(C)C1CCCCC1. The Kier molecular flexibility index (Phi) is 5.78. The first-order chi connectivity index (χ1) is 10.0. The normalized spacial score (nSPS) is 17.5. The maximum Gasteiger partial charge on any atom is 0.243 e. The third-order valence-electron chi connectivity index (χ3n) is 4.25. The Morgan fingerprint density at radius 2 is 2.10 bits per heavy atom. The van der Waals surface area contributed by atoms with E-state index in [0.29, 0.717) is 18.3 Å². The van der Waals surface area contributed by atoms with Crippen molar-refractivity contribution in [2.24, 2.45) is 0 Å². The highest BCUT2D eigenvalue weighted by molar-refractivity contribution is 7.89. The summed E-state index contributed by atoms with van der Waals surface area (Å²) in [6.45, 7) is 3.10. The van der Waals surface area contributed by atoms with Crippen LogP contribution in [0.15, 0.2) is 11.1 Å². The fourth-order valence-corrected chi connectivity index (χ4v) is 4.14. The van der Waals surface area contributed by atoms with Crippen LogP contribution in [-0.2, 0) is 10.0 Å². The zero-order valence-corrected chi connectivity index (χ0v) is 13.7. The van der Waals surface area contributed by atoms with E-state index in [9.17, 15) is 8.42 Å². The van der Waals surface area contributed by atoms with E-state index in [1.165, 1.54) is 38.3 Å². The molecule has 7 heteroatoms. The molecule has 0 bridgehead atoms. The van der Waals surface area contributed by atoms with Crippen LogP contribution in [0.5, 0.6) is 0 Å². The topological polar surface area (TPSA) is 78.1 Å². The van der Waals surface area contributed by atoms with Crippen molar-refractivity contribution in [2.45, 2.75) is 56.4 Å². The highest BCUT2D eigenvalue weighted by Crippen LogP contribution is 2.21. The first kappa shape index (κ1) is 16.5. The summed E-state index contributed by atoms with van der Waals surface area (Å²) >= 11 is 0. The fourth-order valence-electron chi connectivity index (χ4n) is 2.93. The van der Waals surface area contributed by atoms with E-state index in [1.807, 2.05) is 0 Å². The number of hydrogen-bond donors (Lipinski definition) is 2. The Labute approximate surface area is 127 Å². The van der Waals surface area contributed by atoms with Crippen molar-refractivity contribution in [2.75, 3.05) is 20.1 Å². The molecule has 0 amide bonds. The average Bonchev–Trinajstić information content (AvgIpc) is 2.91. The lowest BCUT2D eigenvalue weighted by Gasteiger charge is -2.31. The fraction of sp³-hybridized carbons (Fsp3) is 0.786. The number of aromatic nitrogens is 2. The maximum atomic E-state index is 12.1. The minimum atomic E-state index is -3.43. The van der Waals surface area contributed by atoms with E-state index in [2.05, 4.69) is 26.9 Å². The summed E-state index contributed by atoms with van der Waals surface area (Å²) in [5, 5.41) is 6.40. The van der Waals surface area contributed by atoms with Gasteiger partial charge in [0.05, 0.1) is 11.9 Å². The molecule has 0 saturated heterocycles. The molecule has 6 nitrogen and oxygen atoms in total. The zero-order chi connectivity index (χ0) is 15.3. The minimum absolute atomic E-state index is 0.239. The van der Waals surface area contributed by atoms with Gasteiger partial charge in [-0.05, 0) is 39.8 Å². The standard InChI is InChI=1S/C14H26N4O2S/c1-12-14(11-15-17-12)21(19,20)16-9-6-10-18(2)13-7-4-3-5-8-13/h11,13,16H,3-10H2,1-2H3,(H,15,17). The second kappa shape index (κ2) is 7.38. The van der Waals surface area contributed by atoms with Gasteiger partial charge < -0.3 is 4.90 Å². The molecule has 1 saturated carbocycles. The van der Waals surface area contributed by atoms with Crippen molar-refractivity contribution in [3.63, 3.8) is 0 Å². The minimum Gasteiger partial charge on any atom is -0.303 e. The molecule has 0 atom stereocenters. The summed E-state index contributed by atoms with van der Waals surface area (Å²) in [5.41, 5.74) is 0.571. The van der Waals surface area contributed by atoms with Gasteiger partial charge in [-0.1, -0.05) is 19.3 Å². The molecular formula is C14H26N4O2S. The highest BCUT2D eigenvalue weighted by Gasteiger charge is 2.19. The molecule has 120 valence electrons. The Hall–Kier alpha value is -0.920. The zero-order valence-electron chi connectivity index (χ0n) is 12.9. The van der Waals surface area contributed by atoms with Gasteiger partial charge in [0.15, 0.2) is 0 Å². The van der Waals surface area contributed by atoms with Crippen LogP contribution < -0.4 is 4.72 Å². The van der Waals surface area contributed by atoms with E-state index in [4.69, 9.17) is 0 Å². The van der Waals surface area contributed by atoms with Crippen LogP contribution >= 0.6 is 0 Å². The van der Waals surface area contributed by atoms with Crippen molar-refractivity contribution in [1.82, 2.24) is 19.8 Å². The van der Waals surface area contributed by atoms with E-state index >= 15 is 0 Å². The summed E-state index contributed by atoms with van der Waals surface area (Å²) in [4.78, 5) is 2.61. The summed E-state index contributed by atoms with van der Waals surface area (Å²) in [7, 11) is -1.29. The predicted octanol–water partition coefficient (Wildman–Crippen LogP) is 1.65. The van der Waals surface area contributed by atoms with Crippen LogP contribution in [-0.4, -0.2) is 49.7 Å². The van der Waals surface area contributed by atoms with E-state index in [-0.39, 0.29) is 4.90 Å². The van der Waals surface area contributed by atoms with Gasteiger partial charge in [-0.25, -0.2) is 13.1 Å². The van der Waals surface area contributed by atoms with E-state index in [0.717, 1.165) is 13.0 Å². The van der Waals surface area contributed by atoms with Gasteiger partial charge in [-0.3, -0.25) is 5.10 Å².